The van der Waals surface area contributed by atoms with E-state index in [0.29, 0.717) is 19.1 Å². The number of amides is 1. The standard InChI is InChI=1S/C27H41N2O3Si/c1-21-18-22(29(28,19-21)25(30)32-26(2,3)4)20-31-33(27(5,6)7,23-14-10-8-11-15-23)24-16-12-9-13-17-24/h8-17,21-22H,18-20,28H2,1-7H3/q+1/t21?,22-,29+/m0/s1. The second-order valence-corrected chi connectivity index (χ2v) is 15.9. The molecule has 1 amide bonds. The summed E-state index contributed by atoms with van der Waals surface area (Å²) in [7, 11) is -2.70. The Morgan fingerprint density at radius 1 is 0.970 bits per heavy atom. The number of benzene rings is 2. The molecule has 180 valence electrons. The Morgan fingerprint density at radius 3 is 1.88 bits per heavy atom. The van der Waals surface area contributed by atoms with E-state index in [1.54, 1.807) is 0 Å². The number of nitrogens with two attached hydrogens (primary N) is 1. The first-order valence-corrected chi connectivity index (χ1v) is 13.9. The smallest absolute Gasteiger partial charge is 0.413 e. The molecule has 2 aromatic carbocycles. The molecule has 0 aliphatic carbocycles. The molecule has 1 aliphatic rings. The Kier molecular flexibility index (Phi) is 7.25. The van der Waals surface area contributed by atoms with Gasteiger partial charge in [-0.05, 0) is 36.2 Å². The lowest BCUT2D eigenvalue weighted by molar-refractivity contribution is -0.883. The maximum atomic E-state index is 13.2. The minimum absolute atomic E-state index is 0.129. The number of carbonyl (C=O) groups excluding carboxylic acids is 1. The zero-order chi connectivity index (χ0) is 24.5. The fourth-order valence-electron chi connectivity index (χ4n) is 5.15. The van der Waals surface area contributed by atoms with Crippen molar-refractivity contribution in [2.75, 3.05) is 13.2 Å². The number of hydrogen-bond acceptors (Lipinski definition) is 4. The van der Waals surface area contributed by atoms with Crippen LogP contribution in [0.5, 0.6) is 0 Å². The number of hydrogen-bond donors (Lipinski definition) is 1. The highest BCUT2D eigenvalue weighted by Crippen LogP contribution is 2.38. The molecule has 6 heteroatoms. The van der Waals surface area contributed by atoms with Crippen LogP contribution in [0, 0.1) is 5.92 Å². The Bertz CT molecular complexity index is 898. The van der Waals surface area contributed by atoms with Gasteiger partial charge in [-0.15, -0.1) is 4.59 Å². The second-order valence-electron chi connectivity index (χ2n) is 11.6. The average Bonchev–Trinajstić information content (AvgIpc) is 3.02. The van der Waals surface area contributed by atoms with E-state index in [4.69, 9.17) is 15.0 Å². The number of nitrogens with zero attached hydrogens (tertiary/aromatic N) is 1. The van der Waals surface area contributed by atoms with Crippen LogP contribution in [0.1, 0.15) is 54.9 Å². The fourth-order valence-corrected chi connectivity index (χ4v) is 9.74. The first kappa shape index (κ1) is 25.6. The summed E-state index contributed by atoms with van der Waals surface area (Å²) in [6.45, 7) is 15.5. The van der Waals surface area contributed by atoms with Crippen molar-refractivity contribution in [1.29, 1.82) is 0 Å². The van der Waals surface area contributed by atoms with Gasteiger partial charge in [0.1, 0.15) is 18.2 Å². The van der Waals surface area contributed by atoms with Crippen LogP contribution in [0.15, 0.2) is 60.7 Å². The van der Waals surface area contributed by atoms with Crippen LogP contribution in [0.2, 0.25) is 5.04 Å². The summed E-state index contributed by atoms with van der Waals surface area (Å²) in [5, 5.41) is 2.32. The van der Waals surface area contributed by atoms with Crippen molar-refractivity contribution in [2.24, 2.45) is 11.8 Å². The summed E-state index contributed by atoms with van der Waals surface area (Å²) in [6.07, 6.45) is 0.455. The van der Waals surface area contributed by atoms with E-state index in [2.05, 4.69) is 76.2 Å². The molecule has 2 N–H and O–H groups in total. The van der Waals surface area contributed by atoms with Gasteiger partial charge in [0.25, 0.3) is 8.32 Å². The molecule has 0 saturated carbocycles. The lowest BCUT2D eigenvalue weighted by Crippen LogP contribution is -2.69. The van der Waals surface area contributed by atoms with Crippen molar-refractivity contribution in [3.05, 3.63) is 60.7 Å². The first-order valence-electron chi connectivity index (χ1n) is 11.9. The highest BCUT2D eigenvalue weighted by Gasteiger charge is 2.55. The van der Waals surface area contributed by atoms with Crippen LogP contribution in [0.4, 0.5) is 4.79 Å². The predicted molar refractivity (Wildman–Crippen MR) is 137 cm³/mol. The van der Waals surface area contributed by atoms with Crippen molar-refractivity contribution in [3.8, 4) is 0 Å². The van der Waals surface area contributed by atoms with Gasteiger partial charge in [-0.3, -0.25) is 0 Å². The van der Waals surface area contributed by atoms with Gasteiger partial charge in [-0.1, -0.05) is 88.4 Å². The summed E-state index contributed by atoms with van der Waals surface area (Å²) in [6, 6.07) is 21.0. The number of quaternary nitrogens is 1. The Morgan fingerprint density at radius 2 is 1.45 bits per heavy atom. The van der Waals surface area contributed by atoms with Crippen LogP contribution in [-0.4, -0.2) is 43.8 Å². The van der Waals surface area contributed by atoms with E-state index in [-0.39, 0.29) is 21.8 Å². The molecule has 1 heterocycles. The van der Waals surface area contributed by atoms with Crippen molar-refractivity contribution < 1.29 is 18.5 Å². The maximum Gasteiger partial charge on any atom is 0.536 e. The predicted octanol–water partition coefficient (Wildman–Crippen LogP) is 4.60. The van der Waals surface area contributed by atoms with Gasteiger partial charge >= 0.3 is 6.09 Å². The molecule has 1 unspecified atom stereocenters. The van der Waals surface area contributed by atoms with Gasteiger partial charge in [0.05, 0.1) is 6.61 Å². The molecular weight excluding hydrogens is 428 g/mol. The Hall–Kier alpha value is -1.99. The summed E-state index contributed by atoms with van der Waals surface area (Å²) >= 11 is 0. The molecular formula is C27H41N2O3Si+. The first-order chi connectivity index (χ1) is 15.3. The van der Waals surface area contributed by atoms with Gasteiger partial charge in [-0.25, -0.2) is 0 Å². The second kappa shape index (κ2) is 9.33. The molecule has 1 saturated heterocycles. The SMILES string of the molecule is CC1C[C@@H](CO[Si](c2ccccc2)(c2ccccc2)C(C)(C)C)[N@@+](N)(C(=O)OC(C)(C)C)C1. The summed E-state index contributed by atoms with van der Waals surface area (Å²) in [5.74, 6) is 7.07. The topological polar surface area (TPSA) is 61.5 Å². The zero-order valence-corrected chi connectivity index (χ0v) is 22.3. The Labute approximate surface area is 200 Å². The van der Waals surface area contributed by atoms with Crippen LogP contribution in [-0.2, 0) is 9.16 Å². The minimum atomic E-state index is -2.70. The van der Waals surface area contributed by atoms with E-state index < -0.39 is 13.9 Å². The molecule has 0 bridgehead atoms. The molecule has 1 fully saturated rings. The van der Waals surface area contributed by atoms with Gasteiger partial charge in [0.15, 0.2) is 0 Å². The van der Waals surface area contributed by atoms with Crippen molar-refractivity contribution in [1.82, 2.24) is 0 Å². The monoisotopic (exact) mass is 469 g/mol. The lowest BCUT2D eigenvalue weighted by atomic mass is 10.1. The van der Waals surface area contributed by atoms with Crippen molar-refractivity contribution >= 4 is 24.8 Å². The van der Waals surface area contributed by atoms with Crippen LogP contribution in [0.3, 0.4) is 0 Å². The van der Waals surface area contributed by atoms with Crippen LogP contribution < -0.4 is 16.2 Å². The van der Waals surface area contributed by atoms with E-state index in [1.165, 1.54) is 10.4 Å². The van der Waals surface area contributed by atoms with E-state index >= 15 is 0 Å². The molecule has 5 nitrogen and oxygen atoms in total. The fraction of sp³-hybridized carbons (Fsp3) is 0.519. The van der Waals surface area contributed by atoms with E-state index in [0.717, 1.165) is 6.42 Å². The largest absolute Gasteiger partial charge is 0.536 e. The van der Waals surface area contributed by atoms with Crippen LogP contribution >= 0.6 is 0 Å². The third-order valence-corrected chi connectivity index (χ3v) is 11.6. The molecule has 1 aliphatic heterocycles. The van der Waals surface area contributed by atoms with Crippen molar-refractivity contribution in [3.63, 3.8) is 0 Å². The number of ether oxygens (including phenoxy) is 1. The summed E-state index contributed by atoms with van der Waals surface area (Å²) < 4.78 is 12.6. The number of rotatable bonds is 5. The molecule has 2 aromatic rings. The molecule has 0 radical (unpaired) electrons. The Balaban J connectivity index is 2.01. The highest BCUT2D eigenvalue weighted by atomic mass is 28.4. The molecule has 3 rings (SSSR count). The van der Waals surface area contributed by atoms with Crippen molar-refractivity contribution in [2.45, 2.75) is 71.6 Å². The molecule has 0 spiro atoms. The third-order valence-electron chi connectivity index (χ3n) is 6.58. The maximum absolute atomic E-state index is 13.2. The van der Waals surface area contributed by atoms with Crippen LogP contribution in [0.25, 0.3) is 0 Å². The summed E-state index contributed by atoms with van der Waals surface area (Å²) in [4.78, 5) is 13.2. The summed E-state index contributed by atoms with van der Waals surface area (Å²) in [5.41, 5.74) is -0.586. The molecule has 3 atom stereocenters. The van der Waals surface area contributed by atoms with Gasteiger partial charge in [0, 0.05) is 12.3 Å². The minimum Gasteiger partial charge on any atom is -0.413 e. The third kappa shape index (κ3) is 5.24. The van der Waals surface area contributed by atoms with E-state index in [9.17, 15) is 4.79 Å². The molecule has 0 aromatic heterocycles. The number of likely N-dealkylation sites (tertiary alicyclic amines) is 1. The molecule has 33 heavy (non-hydrogen) atoms. The highest BCUT2D eigenvalue weighted by molar-refractivity contribution is 6.99. The quantitative estimate of drug-likeness (QED) is 0.301. The number of carbonyl (C=O) groups is 1. The van der Waals surface area contributed by atoms with Gasteiger partial charge < -0.3 is 9.16 Å². The average molecular weight is 470 g/mol. The van der Waals surface area contributed by atoms with Gasteiger partial charge in [-0.2, -0.15) is 10.6 Å². The lowest BCUT2D eigenvalue weighted by Gasteiger charge is -2.44. The zero-order valence-electron chi connectivity index (χ0n) is 21.3. The van der Waals surface area contributed by atoms with Gasteiger partial charge in [0.2, 0.25) is 0 Å². The normalized spacial score (nSPS) is 24.0. The van der Waals surface area contributed by atoms with E-state index in [1.807, 2.05) is 32.9 Å².